The largest absolute Gasteiger partial charge is 0.389 e. The van der Waals surface area contributed by atoms with Crippen molar-refractivity contribution in [3.05, 3.63) is 35.9 Å². The molecule has 174 valence electrons. The molecular weight excluding hydrogens is 394 g/mol. The van der Waals surface area contributed by atoms with E-state index in [2.05, 4.69) is 0 Å². The minimum Gasteiger partial charge on any atom is -0.389 e. The predicted octanol–water partition coefficient (Wildman–Crippen LogP) is 2.05. The predicted molar refractivity (Wildman–Crippen MR) is 121 cm³/mol. The Morgan fingerprint density at radius 3 is 2.26 bits per heavy atom. The Hall–Kier alpha value is -1.80. The number of aliphatic hydroxyl groups excluding tert-OH is 2. The molecule has 1 aliphatic rings. The van der Waals surface area contributed by atoms with Crippen LogP contribution in [0.1, 0.15) is 69.2 Å². The summed E-state index contributed by atoms with van der Waals surface area (Å²) in [6, 6.07) is 6.91. The van der Waals surface area contributed by atoms with Crippen LogP contribution in [0.15, 0.2) is 30.3 Å². The third-order valence-corrected chi connectivity index (χ3v) is 6.11. The second kappa shape index (κ2) is 12.3. The molecule has 0 saturated heterocycles. The summed E-state index contributed by atoms with van der Waals surface area (Å²) in [4.78, 5) is 27.0. The number of rotatable bonds is 10. The van der Waals surface area contributed by atoms with Crippen molar-refractivity contribution in [2.75, 3.05) is 6.54 Å². The van der Waals surface area contributed by atoms with E-state index in [-0.39, 0.29) is 12.5 Å². The van der Waals surface area contributed by atoms with E-state index in [9.17, 15) is 19.8 Å². The van der Waals surface area contributed by atoms with Crippen molar-refractivity contribution in [1.82, 2.24) is 4.90 Å². The number of nitrogens with zero attached hydrogens (tertiary/aromatic N) is 1. The van der Waals surface area contributed by atoms with Gasteiger partial charge >= 0.3 is 0 Å². The number of carbonyl (C=O) groups is 2. The van der Waals surface area contributed by atoms with Crippen LogP contribution >= 0.6 is 0 Å². The van der Waals surface area contributed by atoms with Gasteiger partial charge in [-0.3, -0.25) is 14.5 Å². The zero-order valence-electron chi connectivity index (χ0n) is 18.8. The van der Waals surface area contributed by atoms with Crippen LogP contribution in [0.4, 0.5) is 0 Å². The molecular formula is C24H39N3O4. The number of hydrogen-bond acceptors (Lipinski definition) is 6. The quantitative estimate of drug-likeness (QED) is 0.447. The maximum atomic E-state index is 13.0. The summed E-state index contributed by atoms with van der Waals surface area (Å²) in [6.07, 6.45) is 4.17. The number of aliphatic hydroxyl groups is 2. The summed E-state index contributed by atoms with van der Waals surface area (Å²) in [7, 11) is 0. The molecule has 1 saturated carbocycles. The van der Waals surface area contributed by atoms with Gasteiger partial charge in [0.2, 0.25) is 5.91 Å². The normalized spacial score (nSPS) is 18.9. The molecule has 0 bridgehead atoms. The highest BCUT2D eigenvalue weighted by Gasteiger charge is 2.34. The molecule has 7 heteroatoms. The molecule has 2 amide bonds. The van der Waals surface area contributed by atoms with Crippen molar-refractivity contribution in [3.8, 4) is 0 Å². The zero-order valence-corrected chi connectivity index (χ0v) is 18.8. The van der Waals surface area contributed by atoms with E-state index in [1.807, 2.05) is 13.8 Å². The van der Waals surface area contributed by atoms with Crippen LogP contribution < -0.4 is 11.5 Å². The molecule has 1 aliphatic carbocycles. The lowest BCUT2D eigenvalue weighted by atomic mass is 9.83. The fraction of sp³-hybridized carbons (Fsp3) is 0.667. The van der Waals surface area contributed by atoms with E-state index >= 15 is 0 Å². The fourth-order valence-corrected chi connectivity index (χ4v) is 4.35. The van der Waals surface area contributed by atoms with Gasteiger partial charge in [0.15, 0.2) is 0 Å². The van der Waals surface area contributed by atoms with Crippen LogP contribution in [-0.2, 0) is 4.79 Å². The van der Waals surface area contributed by atoms with Gasteiger partial charge in [0.1, 0.15) is 0 Å². The maximum Gasteiger partial charge on any atom is 0.260 e. The molecule has 6 N–H and O–H groups in total. The highest BCUT2D eigenvalue weighted by Crippen LogP contribution is 2.28. The molecule has 31 heavy (non-hydrogen) atoms. The van der Waals surface area contributed by atoms with Gasteiger partial charge in [-0.1, -0.05) is 64.2 Å². The Balaban J connectivity index is 2.10. The van der Waals surface area contributed by atoms with E-state index in [4.69, 9.17) is 11.5 Å². The molecule has 1 aromatic carbocycles. The zero-order chi connectivity index (χ0) is 23.0. The monoisotopic (exact) mass is 433 g/mol. The first-order valence-corrected chi connectivity index (χ1v) is 11.5. The first kappa shape index (κ1) is 25.5. The van der Waals surface area contributed by atoms with Crippen LogP contribution in [0.25, 0.3) is 0 Å². The summed E-state index contributed by atoms with van der Waals surface area (Å²) in [5.41, 5.74) is 12.6. The molecule has 0 heterocycles. The Kier molecular flexibility index (Phi) is 10.1. The molecule has 1 unspecified atom stereocenters. The summed E-state index contributed by atoms with van der Waals surface area (Å²) in [6.45, 7) is 3.54. The molecule has 0 aromatic heterocycles. The minimum absolute atomic E-state index is 0.173. The van der Waals surface area contributed by atoms with Gasteiger partial charge in [-0.25, -0.2) is 0 Å². The molecule has 0 radical (unpaired) electrons. The van der Waals surface area contributed by atoms with Crippen LogP contribution in [0.5, 0.6) is 0 Å². The topological polar surface area (TPSA) is 130 Å². The number of hydrogen-bond donors (Lipinski definition) is 4. The lowest BCUT2D eigenvalue weighted by Crippen LogP contribution is -2.54. The Labute approximate surface area is 185 Å². The second-order valence-corrected chi connectivity index (χ2v) is 9.32. The molecule has 0 spiro atoms. The summed E-state index contributed by atoms with van der Waals surface area (Å²) < 4.78 is 0. The Morgan fingerprint density at radius 1 is 1.06 bits per heavy atom. The van der Waals surface area contributed by atoms with Crippen LogP contribution in [-0.4, -0.2) is 57.8 Å². The highest BCUT2D eigenvalue weighted by molar-refractivity contribution is 6.06. The summed E-state index contributed by atoms with van der Waals surface area (Å²) in [5.74, 6) is -0.493. The van der Waals surface area contributed by atoms with E-state index in [1.165, 1.54) is 6.42 Å². The van der Waals surface area contributed by atoms with Gasteiger partial charge < -0.3 is 21.7 Å². The molecule has 0 aliphatic heterocycles. The average Bonchev–Trinajstić information content (AvgIpc) is 2.76. The van der Waals surface area contributed by atoms with Gasteiger partial charge in [-0.15, -0.1) is 0 Å². The van der Waals surface area contributed by atoms with Gasteiger partial charge in [0, 0.05) is 11.6 Å². The maximum absolute atomic E-state index is 13.0. The van der Waals surface area contributed by atoms with Crippen LogP contribution in [0.2, 0.25) is 0 Å². The molecule has 2 rings (SSSR count). The average molecular weight is 434 g/mol. The van der Waals surface area contributed by atoms with Gasteiger partial charge in [-0.05, 0) is 36.8 Å². The minimum atomic E-state index is -1.35. The van der Waals surface area contributed by atoms with Crippen molar-refractivity contribution in [3.63, 3.8) is 0 Å². The van der Waals surface area contributed by atoms with Gasteiger partial charge in [0.05, 0.1) is 24.8 Å². The molecule has 1 fully saturated rings. The summed E-state index contributed by atoms with van der Waals surface area (Å²) in [5, 5.41) is 21.3. The van der Waals surface area contributed by atoms with E-state index in [1.54, 1.807) is 30.3 Å². The van der Waals surface area contributed by atoms with Gasteiger partial charge in [0.25, 0.3) is 5.91 Å². The van der Waals surface area contributed by atoms with Crippen molar-refractivity contribution in [1.29, 1.82) is 0 Å². The van der Waals surface area contributed by atoms with Crippen molar-refractivity contribution in [2.24, 2.45) is 23.3 Å². The molecule has 7 nitrogen and oxygen atoms in total. The highest BCUT2D eigenvalue weighted by atomic mass is 16.3. The third-order valence-electron chi connectivity index (χ3n) is 6.11. The number of amides is 2. The molecule has 4 atom stereocenters. The van der Waals surface area contributed by atoms with Crippen molar-refractivity contribution >= 4 is 11.8 Å². The van der Waals surface area contributed by atoms with Crippen LogP contribution in [0, 0.1) is 11.8 Å². The Morgan fingerprint density at radius 2 is 1.68 bits per heavy atom. The number of benzene rings is 1. The summed E-state index contributed by atoms with van der Waals surface area (Å²) >= 11 is 0. The molecule has 1 aromatic rings. The first-order chi connectivity index (χ1) is 14.7. The second-order valence-electron chi connectivity index (χ2n) is 9.32. The van der Waals surface area contributed by atoms with Gasteiger partial charge in [-0.2, -0.15) is 0 Å². The van der Waals surface area contributed by atoms with Crippen molar-refractivity contribution < 1.29 is 19.8 Å². The fourth-order valence-electron chi connectivity index (χ4n) is 4.35. The lowest BCUT2D eigenvalue weighted by molar-refractivity contribution is -0.132. The van der Waals surface area contributed by atoms with E-state index < -0.39 is 36.1 Å². The standard InChI is InChI=1S/C24H39N3O4/c1-16(2)13-20(26)24(31)27(23(30)18-11-7-4-8-12-18)15-21(28)22(29)19(25)14-17-9-5-3-6-10-17/h4,7-8,11-12,16-17,19-22,28-29H,3,5-6,9-10,13-15,25-26H2,1-2H3/t19-,20?,21-,22+/m0/s1. The third kappa shape index (κ3) is 7.68. The van der Waals surface area contributed by atoms with E-state index in [0.29, 0.717) is 24.3 Å². The van der Waals surface area contributed by atoms with Crippen molar-refractivity contribution in [2.45, 2.75) is 83.1 Å². The number of imide groups is 1. The first-order valence-electron chi connectivity index (χ1n) is 11.5. The SMILES string of the molecule is CC(C)CC(N)C(=O)N(C[C@H](O)[C@H](O)[C@@H](N)CC1CCCCC1)C(=O)c1ccccc1. The Bertz CT molecular complexity index is 691. The number of nitrogens with two attached hydrogens (primary N) is 2. The smallest absolute Gasteiger partial charge is 0.260 e. The van der Waals surface area contributed by atoms with Crippen LogP contribution in [0.3, 0.4) is 0 Å². The van der Waals surface area contributed by atoms with E-state index in [0.717, 1.165) is 30.6 Å². The number of carbonyl (C=O) groups excluding carboxylic acids is 2. The lowest BCUT2D eigenvalue weighted by Gasteiger charge is -2.32.